The van der Waals surface area contributed by atoms with Gasteiger partial charge in [-0.1, -0.05) is 44.8 Å². The fourth-order valence-corrected chi connectivity index (χ4v) is 4.57. The highest BCUT2D eigenvalue weighted by Crippen LogP contribution is 2.38. The van der Waals surface area contributed by atoms with Crippen molar-refractivity contribution in [1.82, 2.24) is 5.32 Å². The number of allylic oxidation sites excluding steroid dienone is 2. The highest BCUT2D eigenvalue weighted by atomic mass is 17.0. The standard InChI is InChI=1S/C25H44N2O7/c1-3-4-5-6-9-12-20(28)15-16-22-21(23(29)17-24(22)30)13-10-7-8-11-14-25(31)26-18-19(2)34-27(32)33/h7,10,19,21-24,29-30H,3-6,8-9,11-18H2,1-2H3,(H,26,31)/b10-7-/t19?,21-,22-,23+,24-/m1/s1. The summed E-state index contributed by atoms with van der Waals surface area (Å²) >= 11 is 0. The predicted octanol–water partition coefficient (Wildman–Crippen LogP) is 3.88. The molecular weight excluding hydrogens is 440 g/mol. The van der Waals surface area contributed by atoms with E-state index in [1.165, 1.54) is 26.2 Å². The van der Waals surface area contributed by atoms with E-state index in [0.29, 0.717) is 51.4 Å². The molecule has 5 atom stereocenters. The Hall–Kier alpha value is -2.00. The van der Waals surface area contributed by atoms with Crippen molar-refractivity contribution in [2.75, 3.05) is 6.54 Å². The fraction of sp³-hybridized carbons (Fsp3) is 0.840. The second-order valence-electron chi connectivity index (χ2n) is 9.48. The number of aliphatic hydroxyl groups is 2. The monoisotopic (exact) mass is 484 g/mol. The zero-order valence-electron chi connectivity index (χ0n) is 20.8. The van der Waals surface area contributed by atoms with E-state index in [9.17, 15) is 29.9 Å². The molecule has 0 spiro atoms. The maximum Gasteiger partial charge on any atom is 0.294 e. The van der Waals surface area contributed by atoms with Gasteiger partial charge < -0.3 is 20.4 Å². The molecule has 196 valence electrons. The van der Waals surface area contributed by atoms with Crippen molar-refractivity contribution in [2.45, 2.75) is 116 Å². The van der Waals surface area contributed by atoms with Gasteiger partial charge in [-0.2, -0.15) is 0 Å². The van der Waals surface area contributed by atoms with Crippen LogP contribution in [-0.2, 0) is 14.4 Å². The first-order chi connectivity index (χ1) is 16.2. The molecule has 0 bridgehead atoms. The molecule has 0 aliphatic heterocycles. The first-order valence-corrected chi connectivity index (χ1v) is 12.8. The molecule has 0 aromatic carbocycles. The van der Waals surface area contributed by atoms with Crippen LogP contribution in [0.3, 0.4) is 0 Å². The molecule has 1 unspecified atom stereocenters. The Balaban J connectivity index is 2.27. The maximum atomic E-state index is 12.2. The van der Waals surface area contributed by atoms with Gasteiger partial charge in [-0.25, -0.2) is 0 Å². The van der Waals surface area contributed by atoms with Crippen LogP contribution in [0.5, 0.6) is 0 Å². The Bertz CT molecular complexity index is 641. The molecule has 1 rings (SSSR count). The lowest BCUT2D eigenvalue weighted by Gasteiger charge is -2.22. The Morgan fingerprint density at radius 2 is 1.76 bits per heavy atom. The summed E-state index contributed by atoms with van der Waals surface area (Å²) in [4.78, 5) is 38.6. The third-order valence-corrected chi connectivity index (χ3v) is 6.54. The Labute approximate surface area is 203 Å². The van der Waals surface area contributed by atoms with Gasteiger partial charge in [0, 0.05) is 25.8 Å². The molecule has 0 heterocycles. The van der Waals surface area contributed by atoms with Crippen LogP contribution >= 0.6 is 0 Å². The minimum absolute atomic E-state index is 0.0602. The van der Waals surface area contributed by atoms with Gasteiger partial charge in [0.05, 0.1) is 12.2 Å². The van der Waals surface area contributed by atoms with E-state index in [2.05, 4.69) is 17.1 Å². The zero-order chi connectivity index (χ0) is 25.3. The smallest absolute Gasteiger partial charge is 0.294 e. The van der Waals surface area contributed by atoms with E-state index in [4.69, 9.17) is 0 Å². The van der Waals surface area contributed by atoms with Gasteiger partial charge in [0.15, 0.2) is 0 Å². The van der Waals surface area contributed by atoms with Crippen molar-refractivity contribution in [3.05, 3.63) is 22.3 Å². The molecular formula is C25H44N2O7. The molecule has 9 heteroatoms. The number of aliphatic hydroxyl groups excluding tert-OH is 2. The van der Waals surface area contributed by atoms with Crippen LogP contribution in [0.1, 0.15) is 97.3 Å². The van der Waals surface area contributed by atoms with Gasteiger partial charge in [0.1, 0.15) is 11.9 Å². The van der Waals surface area contributed by atoms with Crippen LogP contribution in [0.4, 0.5) is 0 Å². The van der Waals surface area contributed by atoms with Gasteiger partial charge in [-0.3, -0.25) is 9.59 Å². The molecule has 9 nitrogen and oxygen atoms in total. The molecule has 1 saturated carbocycles. The van der Waals surface area contributed by atoms with Crippen molar-refractivity contribution >= 4 is 11.7 Å². The van der Waals surface area contributed by atoms with Crippen molar-refractivity contribution in [1.29, 1.82) is 0 Å². The predicted molar refractivity (Wildman–Crippen MR) is 129 cm³/mol. The lowest BCUT2D eigenvalue weighted by atomic mass is 9.86. The lowest BCUT2D eigenvalue weighted by molar-refractivity contribution is -0.767. The highest BCUT2D eigenvalue weighted by Gasteiger charge is 2.40. The molecule has 1 aliphatic carbocycles. The normalized spacial score (nSPS) is 23.2. The number of hydrogen-bond acceptors (Lipinski definition) is 7. The minimum Gasteiger partial charge on any atom is -0.393 e. The summed E-state index contributed by atoms with van der Waals surface area (Å²) < 4.78 is 0. The summed E-state index contributed by atoms with van der Waals surface area (Å²) in [6.07, 6.45) is 12.0. The number of rotatable bonds is 19. The third kappa shape index (κ3) is 13.0. The van der Waals surface area contributed by atoms with Gasteiger partial charge >= 0.3 is 0 Å². The number of nitrogens with one attached hydrogen (secondary N) is 1. The largest absolute Gasteiger partial charge is 0.393 e. The van der Waals surface area contributed by atoms with Crippen molar-refractivity contribution in [3.63, 3.8) is 0 Å². The molecule has 1 amide bonds. The number of carbonyl (C=O) groups excluding carboxylic acids is 2. The molecule has 1 fully saturated rings. The van der Waals surface area contributed by atoms with Crippen LogP contribution in [0.15, 0.2) is 12.2 Å². The summed E-state index contributed by atoms with van der Waals surface area (Å²) in [5.41, 5.74) is 0. The first-order valence-electron chi connectivity index (χ1n) is 12.8. The topological polar surface area (TPSA) is 139 Å². The van der Waals surface area contributed by atoms with Crippen LogP contribution in [-0.4, -0.2) is 51.8 Å². The Morgan fingerprint density at radius 3 is 2.47 bits per heavy atom. The van der Waals surface area contributed by atoms with E-state index in [1.54, 1.807) is 0 Å². The molecule has 34 heavy (non-hydrogen) atoms. The molecule has 0 saturated heterocycles. The third-order valence-electron chi connectivity index (χ3n) is 6.54. The van der Waals surface area contributed by atoms with Gasteiger partial charge in [0.25, 0.3) is 5.09 Å². The summed E-state index contributed by atoms with van der Waals surface area (Å²) in [5.74, 6) is -0.0681. The van der Waals surface area contributed by atoms with Crippen LogP contribution in [0, 0.1) is 22.0 Å². The Morgan fingerprint density at radius 1 is 1.06 bits per heavy atom. The minimum atomic E-state index is -0.875. The van der Waals surface area contributed by atoms with E-state index in [-0.39, 0.29) is 30.1 Å². The molecule has 0 aromatic heterocycles. The van der Waals surface area contributed by atoms with Gasteiger partial charge in [0.2, 0.25) is 5.91 Å². The van der Waals surface area contributed by atoms with Crippen molar-refractivity contribution in [2.24, 2.45) is 11.8 Å². The molecule has 0 aromatic rings. The fourth-order valence-electron chi connectivity index (χ4n) is 4.57. The SMILES string of the molecule is CCCCCCCC(=O)CC[C@@H]1[C@@H](C/C=C\CCCC(=O)NCC(C)O[N+](=O)[O-])[C@@H](O)C[C@H]1O. The van der Waals surface area contributed by atoms with Gasteiger partial charge in [-0.05, 0) is 57.3 Å². The number of nitrogens with zero attached hydrogens (tertiary/aromatic N) is 1. The van der Waals surface area contributed by atoms with Crippen LogP contribution in [0.2, 0.25) is 0 Å². The highest BCUT2D eigenvalue weighted by molar-refractivity contribution is 5.78. The number of ketones is 1. The maximum absolute atomic E-state index is 12.2. The van der Waals surface area contributed by atoms with E-state index in [1.807, 2.05) is 12.2 Å². The van der Waals surface area contributed by atoms with E-state index in [0.717, 1.165) is 12.8 Å². The summed E-state index contributed by atoms with van der Waals surface area (Å²) in [6, 6.07) is 0. The number of Topliss-reactive ketones (excluding diaryl/α,β-unsaturated/α-hetero) is 1. The Kier molecular flexibility index (Phi) is 15.4. The number of unbranched alkanes of at least 4 members (excludes halogenated alkanes) is 5. The number of amides is 1. The van der Waals surface area contributed by atoms with Crippen molar-refractivity contribution < 1.29 is 29.7 Å². The zero-order valence-corrected chi connectivity index (χ0v) is 20.8. The second-order valence-corrected chi connectivity index (χ2v) is 9.48. The molecule has 0 radical (unpaired) electrons. The van der Waals surface area contributed by atoms with Crippen molar-refractivity contribution in [3.8, 4) is 0 Å². The average Bonchev–Trinajstić information content (AvgIpc) is 3.04. The molecule has 1 aliphatic rings. The van der Waals surface area contributed by atoms with Crippen LogP contribution < -0.4 is 5.32 Å². The van der Waals surface area contributed by atoms with Crippen LogP contribution in [0.25, 0.3) is 0 Å². The average molecular weight is 485 g/mol. The van der Waals surface area contributed by atoms with E-state index >= 15 is 0 Å². The lowest BCUT2D eigenvalue weighted by Crippen LogP contribution is -2.32. The molecule has 3 N–H and O–H groups in total. The first kappa shape index (κ1) is 30.0. The van der Waals surface area contributed by atoms with E-state index < -0.39 is 23.4 Å². The van der Waals surface area contributed by atoms with Gasteiger partial charge in [-0.15, -0.1) is 10.1 Å². The number of hydrogen-bond donors (Lipinski definition) is 3. The summed E-state index contributed by atoms with van der Waals surface area (Å²) in [5, 5.41) is 32.7. The summed E-state index contributed by atoms with van der Waals surface area (Å²) in [6.45, 7) is 3.76. The quantitative estimate of drug-likeness (QED) is 0.109. The summed E-state index contributed by atoms with van der Waals surface area (Å²) in [7, 11) is 0. The number of carbonyl (C=O) groups is 2. The second kappa shape index (κ2) is 17.4.